The van der Waals surface area contributed by atoms with E-state index < -0.39 is 27.6 Å². The van der Waals surface area contributed by atoms with E-state index in [0.717, 1.165) is 12.1 Å². The fourth-order valence-corrected chi connectivity index (χ4v) is 2.88. The molecule has 0 bridgehead atoms. The number of rotatable bonds is 6. The molecule has 0 saturated carbocycles. The molecule has 5 nitrogen and oxygen atoms in total. The molecule has 0 radical (unpaired) electrons. The van der Waals surface area contributed by atoms with Gasteiger partial charge in [0.15, 0.2) is 11.6 Å². The molecule has 0 atom stereocenters. The van der Waals surface area contributed by atoms with Crippen LogP contribution in [-0.4, -0.2) is 20.9 Å². The number of hydrogen-bond acceptors (Lipinski definition) is 3. The van der Waals surface area contributed by atoms with Gasteiger partial charge in [0.05, 0.1) is 4.90 Å². The lowest BCUT2D eigenvalue weighted by molar-refractivity contribution is 0.102. The molecule has 0 heterocycles. The third-order valence-corrected chi connectivity index (χ3v) is 4.42. The van der Waals surface area contributed by atoms with Gasteiger partial charge < -0.3 is 5.32 Å². The molecule has 0 aliphatic rings. The zero-order valence-corrected chi connectivity index (χ0v) is 13.2. The summed E-state index contributed by atoms with van der Waals surface area (Å²) in [6.45, 7) is 3.46. The van der Waals surface area contributed by atoms with E-state index in [-0.39, 0.29) is 22.7 Å². The second kappa shape index (κ2) is 7.33. The minimum atomic E-state index is -3.77. The molecule has 0 spiro atoms. The van der Waals surface area contributed by atoms with Crippen LogP contribution in [0.5, 0.6) is 0 Å². The van der Waals surface area contributed by atoms with Crippen LogP contribution >= 0.6 is 0 Å². The standard InChI is InChI=1S/C16H14F2N2O3S/c1-2-8-19-24(22,23)13-5-3-4-11(9-13)16(21)20-12-6-7-14(17)15(18)10-12/h2-7,9-10,19H,1,8H2,(H,20,21). The van der Waals surface area contributed by atoms with Crippen LogP contribution in [0.2, 0.25) is 0 Å². The Bertz CT molecular complexity index is 883. The highest BCUT2D eigenvalue weighted by Crippen LogP contribution is 2.16. The summed E-state index contributed by atoms with van der Waals surface area (Å²) in [7, 11) is -3.77. The van der Waals surface area contributed by atoms with Crippen molar-refractivity contribution in [3.05, 3.63) is 72.3 Å². The van der Waals surface area contributed by atoms with Gasteiger partial charge in [-0.25, -0.2) is 21.9 Å². The Kier molecular flexibility index (Phi) is 5.42. The first-order valence-corrected chi connectivity index (χ1v) is 8.29. The summed E-state index contributed by atoms with van der Waals surface area (Å²) in [5.74, 6) is -2.78. The normalized spacial score (nSPS) is 11.1. The molecule has 0 aromatic heterocycles. The van der Waals surface area contributed by atoms with Gasteiger partial charge in [-0.15, -0.1) is 6.58 Å². The largest absolute Gasteiger partial charge is 0.322 e. The Morgan fingerprint density at radius 2 is 1.88 bits per heavy atom. The van der Waals surface area contributed by atoms with Gasteiger partial charge in [0.1, 0.15) is 0 Å². The van der Waals surface area contributed by atoms with E-state index in [4.69, 9.17) is 0 Å². The molecule has 1 amide bonds. The van der Waals surface area contributed by atoms with Crippen molar-refractivity contribution >= 4 is 21.6 Å². The molecule has 0 unspecified atom stereocenters. The van der Waals surface area contributed by atoms with Crippen molar-refractivity contribution < 1.29 is 22.0 Å². The molecule has 2 N–H and O–H groups in total. The summed E-state index contributed by atoms with van der Waals surface area (Å²) in [5, 5.41) is 2.37. The van der Waals surface area contributed by atoms with E-state index in [9.17, 15) is 22.0 Å². The number of anilines is 1. The van der Waals surface area contributed by atoms with E-state index in [0.29, 0.717) is 0 Å². The van der Waals surface area contributed by atoms with Crippen LogP contribution in [0.25, 0.3) is 0 Å². The third kappa shape index (κ3) is 4.24. The van der Waals surface area contributed by atoms with E-state index >= 15 is 0 Å². The molecule has 2 aromatic carbocycles. The number of carbonyl (C=O) groups excluding carboxylic acids is 1. The lowest BCUT2D eigenvalue weighted by atomic mass is 10.2. The van der Waals surface area contributed by atoms with Gasteiger partial charge in [0, 0.05) is 23.9 Å². The average Bonchev–Trinajstić information content (AvgIpc) is 2.56. The van der Waals surface area contributed by atoms with E-state index in [1.54, 1.807) is 0 Å². The number of amides is 1. The maximum absolute atomic E-state index is 13.1. The highest BCUT2D eigenvalue weighted by molar-refractivity contribution is 7.89. The Balaban J connectivity index is 2.22. The lowest BCUT2D eigenvalue weighted by Gasteiger charge is -2.08. The number of hydrogen-bond donors (Lipinski definition) is 2. The minimum absolute atomic E-state index is 0.0492. The van der Waals surface area contributed by atoms with Crippen molar-refractivity contribution in [2.75, 3.05) is 11.9 Å². The summed E-state index contributed by atoms with van der Waals surface area (Å²) in [6.07, 6.45) is 1.39. The molecular formula is C16H14F2N2O3S. The molecule has 0 fully saturated rings. The predicted octanol–water partition coefficient (Wildman–Crippen LogP) is 2.68. The summed E-state index contributed by atoms with van der Waals surface area (Å²) < 4.78 is 52.4. The summed E-state index contributed by atoms with van der Waals surface area (Å²) in [6, 6.07) is 8.23. The molecule has 2 rings (SSSR count). The van der Waals surface area contributed by atoms with Gasteiger partial charge in [-0.05, 0) is 30.3 Å². The SMILES string of the molecule is C=CCNS(=O)(=O)c1cccc(C(=O)Nc2ccc(F)c(F)c2)c1. The first-order valence-electron chi connectivity index (χ1n) is 6.80. The smallest absolute Gasteiger partial charge is 0.255 e. The van der Waals surface area contributed by atoms with Crippen molar-refractivity contribution in [1.82, 2.24) is 4.72 Å². The van der Waals surface area contributed by atoms with Crippen molar-refractivity contribution in [2.45, 2.75) is 4.90 Å². The lowest BCUT2D eigenvalue weighted by Crippen LogP contribution is -2.24. The van der Waals surface area contributed by atoms with Crippen LogP contribution in [0.3, 0.4) is 0 Å². The van der Waals surface area contributed by atoms with Crippen molar-refractivity contribution in [3.63, 3.8) is 0 Å². The van der Waals surface area contributed by atoms with Crippen LogP contribution in [0.1, 0.15) is 10.4 Å². The Hall–Kier alpha value is -2.58. The second-order valence-corrected chi connectivity index (χ2v) is 6.52. The molecule has 8 heteroatoms. The van der Waals surface area contributed by atoms with E-state index in [1.165, 1.54) is 36.4 Å². The van der Waals surface area contributed by atoms with Crippen molar-refractivity contribution in [3.8, 4) is 0 Å². The van der Waals surface area contributed by atoms with Crippen LogP contribution in [0.4, 0.5) is 14.5 Å². The first-order chi connectivity index (χ1) is 11.3. The second-order valence-electron chi connectivity index (χ2n) is 4.75. The summed E-state index contributed by atoms with van der Waals surface area (Å²) in [5.41, 5.74) is 0.109. The number of benzene rings is 2. The number of nitrogens with one attached hydrogen (secondary N) is 2. The molecule has 0 saturated heterocycles. The fourth-order valence-electron chi connectivity index (χ4n) is 1.83. The van der Waals surface area contributed by atoms with Crippen LogP contribution < -0.4 is 10.0 Å². The number of sulfonamides is 1. The number of halogens is 2. The van der Waals surface area contributed by atoms with Crippen LogP contribution in [-0.2, 0) is 10.0 Å². The van der Waals surface area contributed by atoms with Crippen LogP contribution in [0.15, 0.2) is 60.0 Å². The summed E-state index contributed by atoms with van der Waals surface area (Å²) in [4.78, 5) is 12.0. The Labute approximate surface area is 138 Å². The topological polar surface area (TPSA) is 75.3 Å². The van der Waals surface area contributed by atoms with E-state index in [2.05, 4.69) is 16.6 Å². The quantitative estimate of drug-likeness (QED) is 0.785. The third-order valence-electron chi connectivity index (χ3n) is 3.00. The Morgan fingerprint density at radius 1 is 1.12 bits per heavy atom. The summed E-state index contributed by atoms with van der Waals surface area (Å²) >= 11 is 0. The molecule has 2 aromatic rings. The highest BCUT2D eigenvalue weighted by atomic mass is 32.2. The van der Waals surface area contributed by atoms with Gasteiger partial charge >= 0.3 is 0 Å². The van der Waals surface area contributed by atoms with Gasteiger partial charge in [-0.3, -0.25) is 4.79 Å². The van der Waals surface area contributed by atoms with Gasteiger partial charge in [0.2, 0.25) is 10.0 Å². The minimum Gasteiger partial charge on any atom is -0.322 e. The Morgan fingerprint density at radius 3 is 2.54 bits per heavy atom. The van der Waals surface area contributed by atoms with Crippen molar-refractivity contribution in [1.29, 1.82) is 0 Å². The molecular weight excluding hydrogens is 338 g/mol. The molecule has 126 valence electrons. The highest BCUT2D eigenvalue weighted by Gasteiger charge is 2.16. The number of carbonyl (C=O) groups is 1. The molecule has 0 aliphatic heterocycles. The monoisotopic (exact) mass is 352 g/mol. The average molecular weight is 352 g/mol. The van der Waals surface area contributed by atoms with E-state index in [1.807, 2.05) is 0 Å². The zero-order valence-electron chi connectivity index (χ0n) is 12.4. The molecule has 24 heavy (non-hydrogen) atoms. The maximum Gasteiger partial charge on any atom is 0.255 e. The van der Waals surface area contributed by atoms with Gasteiger partial charge in [-0.2, -0.15) is 0 Å². The van der Waals surface area contributed by atoms with Crippen LogP contribution in [0, 0.1) is 11.6 Å². The molecule has 0 aliphatic carbocycles. The zero-order chi connectivity index (χ0) is 17.7. The first kappa shape index (κ1) is 17.8. The maximum atomic E-state index is 13.1. The van der Waals surface area contributed by atoms with Gasteiger partial charge in [-0.1, -0.05) is 12.1 Å². The predicted molar refractivity (Wildman–Crippen MR) is 86.1 cm³/mol. The fraction of sp³-hybridized carbons (Fsp3) is 0.0625. The van der Waals surface area contributed by atoms with Crippen molar-refractivity contribution in [2.24, 2.45) is 0 Å². The van der Waals surface area contributed by atoms with Gasteiger partial charge in [0.25, 0.3) is 5.91 Å².